The van der Waals surface area contributed by atoms with Gasteiger partial charge in [-0.15, -0.1) is 0 Å². The van der Waals surface area contributed by atoms with Crippen LogP contribution in [0.5, 0.6) is 5.75 Å². The molecule has 9 heteroatoms. The number of aliphatic hydroxyl groups excluding tert-OH is 1. The van der Waals surface area contributed by atoms with Gasteiger partial charge in [0.25, 0.3) is 0 Å². The lowest BCUT2D eigenvalue weighted by Gasteiger charge is -2.32. The van der Waals surface area contributed by atoms with E-state index in [1.165, 1.54) is 22.1 Å². The van der Waals surface area contributed by atoms with Crippen molar-refractivity contribution in [2.45, 2.75) is 82.0 Å². The van der Waals surface area contributed by atoms with E-state index in [-0.39, 0.29) is 42.5 Å². The van der Waals surface area contributed by atoms with E-state index in [1.54, 1.807) is 19.2 Å². The summed E-state index contributed by atoms with van der Waals surface area (Å²) in [6.07, 6.45) is 3.94. The molecule has 1 fully saturated rings. The molecule has 0 saturated heterocycles. The molecule has 2 bridgehead atoms. The van der Waals surface area contributed by atoms with Crippen molar-refractivity contribution < 1.29 is 23.8 Å². The van der Waals surface area contributed by atoms with E-state index < -0.39 is 24.0 Å². The van der Waals surface area contributed by atoms with Crippen LogP contribution in [0.15, 0.2) is 42.5 Å². The van der Waals surface area contributed by atoms with Gasteiger partial charge in [0.1, 0.15) is 6.04 Å². The number of aliphatic hydroxyl groups is 1. The first-order valence-electron chi connectivity index (χ1n) is 14.4. The summed E-state index contributed by atoms with van der Waals surface area (Å²) in [4.78, 5) is 27.9. The minimum absolute atomic E-state index is 0.146. The van der Waals surface area contributed by atoms with Crippen LogP contribution < -0.4 is 15.4 Å². The number of likely N-dealkylation sites (N-methyl/N-ethyl adjacent to an activating group) is 1. The zero-order valence-corrected chi connectivity index (χ0v) is 24.4. The van der Waals surface area contributed by atoms with E-state index in [2.05, 4.69) is 54.5 Å². The van der Waals surface area contributed by atoms with Gasteiger partial charge in [0.05, 0.1) is 18.8 Å². The number of carbonyl (C=O) groups is 2. The molecule has 2 heterocycles. The van der Waals surface area contributed by atoms with Crippen LogP contribution in [0.3, 0.4) is 0 Å². The van der Waals surface area contributed by atoms with E-state index >= 15 is 0 Å². The predicted octanol–water partition coefficient (Wildman–Crippen LogP) is 3.76. The van der Waals surface area contributed by atoms with Gasteiger partial charge < -0.3 is 25.4 Å². The van der Waals surface area contributed by atoms with Crippen LogP contribution in [0.2, 0.25) is 0 Å². The number of hydrogen-bond acceptors (Lipinski definition) is 6. The molecule has 40 heavy (non-hydrogen) atoms. The van der Waals surface area contributed by atoms with Gasteiger partial charge in [-0.1, -0.05) is 37.3 Å². The fraction of sp³-hybridized carbons (Fsp3) is 0.548. The zero-order valence-electron chi connectivity index (χ0n) is 23.5. The highest BCUT2D eigenvalue weighted by Gasteiger charge is 2.44. The lowest BCUT2D eigenvalue weighted by atomic mass is 9.98. The normalized spacial score (nSPS) is 22.5. The van der Waals surface area contributed by atoms with Gasteiger partial charge in [0, 0.05) is 25.6 Å². The first kappa shape index (κ1) is 30.3. The zero-order chi connectivity index (χ0) is 28.7. The van der Waals surface area contributed by atoms with Gasteiger partial charge in [-0.25, -0.2) is 4.39 Å². The topological polar surface area (TPSA) is 90.9 Å². The van der Waals surface area contributed by atoms with Crippen LogP contribution in [0.25, 0.3) is 0 Å². The maximum Gasteiger partial charge on any atom is 0.243 e. The van der Waals surface area contributed by atoms with Crippen molar-refractivity contribution in [1.29, 1.82) is 0 Å². The highest BCUT2D eigenvalue weighted by atomic mass is 32.1. The maximum absolute atomic E-state index is 14.8. The summed E-state index contributed by atoms with van der Waals surface area (Å²) in [7, 11) is 1.64. The van der Waals surface area contributed by atoms with Crippen molar-refractivity contribution in [2.24, 2.45) is 0 Å². The highest BCUT2D eigenvalue weighted by Crippen LogP contribution is 2.45. The number of carbonyl (C=O) groups excluding carboxylic acids is 2. The van der Waals surface area contributed by atoms with Crippen LogP contribution in [0.1, 0.15) is 62.1 Å². The van der Waals surface area contributed by atoms with E-state index in [9.17, 15) is 19.1 Å². The molecular formula is C31H42FN3O4S. The number of fused-ring (bicyclic) bond motifs is 13. The van der Waals surface area contributed by atoms with Crippen molar-refractivity contribution >= 4 is 24.4 Å². The maximum atomic E-state index is 14.8. The SMILES string of the molecule is CCc1cccc(C2(NC[C@@H](O)[C@@H]3Cc4ccc(c(F)c4)OCCCCC(=O)N(C)C(CCS)C(=O)N3)CC2)c1. The van der Waals surface area contributed by atoms with Crippen molar-refractivity contribution in [2.75, 3.05) is 26.0 Å². The number of nitrogens with one attached hydrogen (secondary N) is 2. The van der Waals surface area contributed by atoms with Crippen molar-refractivity contribution in [3.05, 3.63) is 65.0 Å². The highest BCUT2D eigenvalue weighted by molar-refractivity contribution is 7.80. The molecule has 3 atom stereocenters. The molecule has 1 saturated carbocycles. The second kappa shape index (κ2) is 13.8. The van der Waals surface area contributed by atoms with E-state index in [1.807, 2.05) is 0 Å². The van der Waals surface area contributed by atoms with E-state index in [0.717, 1.165) is 19.3 Å². The number of halogens is 1. The van der Waals surface area contributed by atoms with E-state index in [4.69, 9.17) is 4.74 Å². The third-order valence-corrected chi connectivity index (χ3v) is 8.40. The van der Waals surface area contributed by atoms with Gasteiger partial charge in [-0.2, -0.15) is 12.6 Å². The molecule has 3 N–H and O–H groups in total. The van der Waals surface area contributed by atoms with Crippen molar-refractivity contribution in [3.8, 4) is 5.75 Å². The molecule has 0 spiro atoms. The summed E-state index contributed by atoms with van der Waals surface area (Å²) in [5.74, 6) is -0.407. The summed E-state index contributed by atoms with van der Waals surface area (Å²) >= 11 is 4.32. The van der Waals surface area contributed by atoms with Crippen LogP contribution in [-0.4, -0.2) is 66.0 Å². The average molecular weight is 572 g/mol. The summed E-state index contributed by atoms with van der Waals surface area (Å²) in [5, 5.41) is 17.9. The largest absolute Gasteiger partial charge is 0.491 e. The Labute approximate surface area is 242 Å². The number of nitrogens with zero attached hydrogens (tertiary/aromatic N) is 1. The molecule has 2 aliphatic heterocycles. The van der Waals surface area contributed by atoms with Gasteiger partial charge in [0.15, 0.2) is 11.6 Å². The lowest BCUT2D eigenvalue weighted by Crippen LogP contribution is -2.55. The number of amides is 2. The lowest BCUT2D eigenvalue weighted by molar-refractivity contribution is -0.139. The van der Waals surface area contributed by atoms with Crippen LogP contribution in [0.4, 0.5) is 4.39 Å². The number of ether oxygens (including phenoxy) is 1. The van der Waals surface area contributed by atoms with Crippen LogP contribution in [0, 0.1) is 5.82 Å². The molecule has 2 aromatic carbocycles. The molecular weight excluding hydrogens is 529 g/mol. The summed E-state index contributed by atoms with van der Waals surface area (Å²) in [6, 6.07) is 11.8. The molecule has 1 unspecified atom stereocenters. The Kier molecular flexibility index (Phi) is 10.5. The Bertz CT molecular complexity index is 1180. The Morgan fingerprint density at radius 3 is 2.73 bits per heavy atom. The van der Waals surface area contributed by atoms with Crippen molar-refractivity contribution in [3.63, 3.8) is 0 Å². The number of aryl methyl sites for hydroxylation is 1. The Morgan fingerprint density at radius 1 is 1.23 bits per heavy atom. The van der Waals surface area contributed by atoms with Crippen LogP contribution in [-0.2, 0) is 28.0 Å². The fourth-order valence-corrected chi connectivity index (χ4v) is 5.61. The molecule has 0 aromatic heterocycles. The number of benzene rings is 2. The molecule has 2 aromatic rings. The number of hydrogen-bond donors (Lipinski definition) is 4. The predicted molar refractivity (Wildman–Crippen MR) is 157 cm³/mol. The molecule has 2 amide bonds. The second-order valence-electron chi connectivity index (χ2n) is 11.0. The first-order chi connectivity index (χ1) is 19.3. The quantitative estimate of drug-likeness (QED) is 0.363. The molecule has 1 aliphatic carbocycles. The molecule has 218 valence electrons. The average Bonchev–Trinajstić information content (AvgIpc) is 3.75. The third kappa shape index (κ3) is 7.56. The third-order valence-electron chi connectivity index (χ3n) is 8.14. The Balaban J connectivity index is 1.56. The fourth-order valence-electron chi connectivity index (χ4n) is 5.36. The summed E-state index contributed by atoms with van der Waals surface area (Å²) < 4.78 is 20.4. The standard InChI is InChI=1S/C31H42FN3O4S/c1-3-21-7-6-8-23(17-21)31(13-14-31)33-20-27(36)25-19-22-10-11-28(24(32)18-22)39-15-5-4-9-29(37)35(2)26(12-16-40)30(38)34-25/h6-8,10-11,17-18,25-27,33,36,40H,3-5,9,12-16,19-20H2,1-2H3,(H,34,38)/t25-,26?,27+/m0/s1. The monoisotopic (exact) mass is 571 g/mol. The number of thiol groups is 1. The minimum Gasteiger partial charge on any atom is -0.491 e. The Hall–Kier alpha value is -2.62. The van der Waals surface area contributed by atoms with Gasteiger partial charge in [-0.05, 0) is 79.5 Å². The molecule has 7 nitrogen and oxygen atoms in total. The Morgan fingerprint density at radius 2 is 2.02 bits per heavy atom. The first-order valence-corrected chi connectivity index (χ1v) is 15.0. The smallest absolute Gasteiger partial charge is 0.243 e. The summed E-state index contributed by atoms with van der Waals surface area (Å²) in [6.45, 7) is 2.67. The van der Waals surface area contributed by atoms with Gasteiger partial charge >= 0.3 is 0 Å². The van der Waals surface area contributed by atoms with E-state index in [0.29, 0.717) is 37.2 Å². The van der Waals surface area contributed by atoms with Gasteiger partial charge in [-0.3, -0.25) is 9.59 Å². The van der Waals surface area contributed by atoms with Crippen LogP contribution >= 0.6 is 12.6 Å². The number of rotatable bonds is 8. The molecule has 5 rings (SSSR count). The minimum atomic E-state index is -0.952. The van der Waals surface area contributed by atoms with Gasteiger partial charge in [0.2, 0.25) is 11.8 Å². The second-order valence-corrected chi connectivity index (χ2v) is 11.5. The summed E-state index contributed by atoms with van der Waals surface area (Å²) in [5.41, 5.74) is 2.90. The van der Waals surface area contributed by atoms with Crippen molar-refractivity contribution in [1.82, 2.24) is 15.5 Å². The molecule has 0 radical (unpaired) electrons. The molecule has 3 aliphatic rings.